The molecule has 1 saturated carbocycles. The SMILES string of the molecule is [C-]#[N+]C(=CC(C)(C)N1CCN(C2CCC2)CC1)C(=O)N1CCCC(n2nc(-c3ccc(Oc4ccccc4)cc3F)c3c(N)ncnc32)C1. The highest BCUT2D eigenvalue weighted by Gasteiger charge is 2.35. The molecule has 2 saturated heterocycles. The van der Waals surface area contributed by atoms with Gasteiger partial charge in [-0.1, -0.05) is 30.7 Å². The van der Waals surface area contributed by atoms with Gasteiger partial charge in [-0.05, 0) is 63.8 Å². The van der Waals surface area contributed by atoms with E-state index in [1.54, 1.807) is 33.8 Å². The van der Waals surface area contributed by atoms with Gasteiger partial charge in [0.25, 0.3) is 5.91 Å². The second kappa shape index (κ2) is 13.6. The predicted octanol–water partition coefficient (Wildman–Crippen LogP) is 5.92. The number of benzene rings is 2. The van der Waals surface area contributed by atoms with Crippen molar-refractivity contribution >= 4 is 22.8 Å². The predicted molar refractivity (Wildman–Crippen MR) is 186 cm³/mol. The standard InChI is InChI=1S/C37H42FN9O2/c1-37(2,46-19-17-44(18-20-46)25-9-7-10-25)22-31(40-3)36(48)45-16-8-11-26(23-45)47-35-32(34(39)41-24-42-35)33(43-47)29-15-14-28(21-30(29)38)49-27-12-5-4-6-13-27/h4-6,12-15,21-22,24-26H,7-11,16-20,23H2,1-2H3,(H2,39,41,42). The van der Waals surface area contributed by atoms with Crippen LogP contribution in [0.5, 0.6) is 11.5 Å². The maximum Gasteiger partial charge on any atom is 0.252 e. The smallest absolute Gasteiger partial charge is 0.252 e. The number of anilines is 1. The molecule has 49 heavy (non-hydrogen) atoms. The van der Waals surface area contributed by atoms with Crippen molar-refractivity contribution in [3.63, 3.8) is 0 Å². The van der Waals surface area contributed by atoms with Gasteiger partial charge in [-0.15, -0.1) is 0 Å². The Bertz CT molecular complexity index is 1910. The molecule has 11 nitrogen and oxygen atoms in total. The zero-order chi connectivity index (χ0) is 34.1. The third-order valence-electron chi connectivity index (χ3n) is 10.3. The third-order valence-corrected chi connectivity index (χ3v) is 10.3. The number of carbonyl (C=O) groups is 1. The van der Waals surface area contributed by atoms with Crippen LogP contribution < -0.4 is 10.5 Å². The number of hydrogen-bond acceptors (Lipinski definition) is 8. The molecular weight excluding hydrogens is 621 g/mol. The maximum absolute atomic E-state index is 15.7. The highest BCUT2D eigenvalue weighted by Crippen LogP contribution is 2.37. The van der Waals surface area contributed by atoms with Crippen molar-refractivity contribution in [3.8, 4) is 22.8 Å². The number of piperazine rings is 1. The number of aromatic nitrogens is 4. The van der Waals surface area contributed by atoms with E-state index in [4.69, 9.17) is 22.1 Å². The van der Waals surface area contributed by atoms with Crippen LogP contribution in [0.1, 0.15) is 52.0 Å². The van der Waals surface area contributed by atoms with Gasteiger partial charge in [0.05, 0.1) is 18.0 Å². The number of para-hydroxylation sites is 1. The lowest BCUT2D eigenvalue weighted by Crippen LogP contribution is -2.57. The molecule has 2 aromatic carbocycles. The molecule has 1 amide bonds. The second-order valence-corrected chi connectivity index (χ2v) is 13.8. The quantitative estimate of drug-likeness (QED) is 0.183. The van der Waals surface area contributed by atoms with Gasteiger partial charge in [0.15, 0.2) is 5.65 Å². The van der Waals surface area contributed by atoms with Crippen LogP contribution in [0.4, 0.5) is 10.2 Å². The highest BCUT2D eigenvalue weighted by atomic mass is 19.1. The fraction of sp³-hybridized carbons (Fsp3) is 0.432. The summed E-state index contributed by atoms with van der Waals surface area (Å²) in [5, 5.41) is 5.30. The Morgan fingerprint density at radius 2 is 1.76 bits per heavy atom. The fourth-order valence-corrected chi connectivity index (χ4v) is 7.30. The lowest BCUT2D eigenvalue weighted by Gasteiger charge is -2.47. The first-order chi connectivity index (χ1) is 23.7. The van der Waals surface area contributed by atoms with E-state index in [0.717, 1.165) is 38.6 Å². The summed E-state index contributed by atoms with van der Waals surface area (Å²) in [7, 11) is 0. The zero-order valence-corrected chi connectivity index (χ0v) is 28.1. The van der Waals surface area contributed by atoms with Crippen LogP contribution in [0.25, 0.3) is 27.1 Å². The summed E-state index contributed by atoms with van der Waals surface area (Å²) in [6.07, 6.45) is 8.56. The van der Waals surface area contributed by atoms with Gasteiger partial charge in [0.2, 0.25) is 5.70 Å². The van der Waals surface area contributed by atoms with E-state index in [1.807, 2.05) is 24.3 Å². The molecule has 3 aliphatic rings. The van der Waals surface area contributed by atoms with E-state index >= 15 is 4.39 Å². The van der Waals surface area contributed by atoms with Crippen molar-refractivity contribution in [1.82, 2.24) is 34.4 Å². The van der Waals surface area contributed by atoms with Crippen molar-refractivity contribution in [2.75, 3.05) is 45.0 Å². The van der Waals surface area contributed by atoms with Crippen LogP contribution in [0.2, 0.25) is 0 Å². The Morgan fingerprint density at radius 1 is 1.00 bits per heavy atom. The van der Waals surface area contributed by atoms with E-state index in [2.05, 4.69) is 38.5 Å². The average Bonchev–Trinajstić information content (AvgIpc) is 3.48. The van der Waals surface area contributed by atoms with Gasteiger partial charge in [-0.25, -0.2) is 23.9 Å². The fourth-order valence-electron chi connectivity index (χ4n) is 7.30. The molecule has 3 fully saturated rings. The molecule has 1 atom stereocenters. The van der Waals surface area contributed by atoms with Crippen molar-refractivity contribution in [2.24, 2.45) is 0 Å². The summed E-state index contributed by atoms with van der Waals surface area (Å²) in [4.78, 5) is 33.0. The molecular formula is C37H42FN9O2. The minimum absolute atomic E-state index is 0.129. The average molecular weight is 664 g/mol. The van der Waals surface area contributed by atoms with Crippen LogP contribution in [-0.2, 0) is 4.79 Å². The lowest BCUT2D eigenvalue weighted by atomic mass is 9.90. The van der Waals surface area contributed by atoms with Crippen LogP contribution in [0.3, 0.4) is 0 Å². The number of nitrogen functional groups attached to an aromatic ring is 1. The van der Waals surface area contributed by atoms with Gasteiger partial charge in [-0.3, -0.25) is 14.6 Å². The van der Waals surface area contributed by atoms with Gasteiger partial charge < -0.3 is 15.4 Å². The molecule has 1 aliphatic carbocycles. The summed E-state index contributed by atoms with van der Waals surface area (Å²) < 4.78 is 23.2. The summed E-state index contributed by atoms with van der Waals surface area (Å²) in [6, 6.07) is 14.3. The van der Waals surface area contributed by atoms with Gasteiger partial charge in [0.1, 0.15) is 35.2 Å². The molecule has 0 bridgehead atoms. The number of halogens is 1. The molecule has 12 heteroatoms. The Balaban J connectivity index is 1.11. The number of fused-ring (bicyclic) bond motifs is 1. The molecule has 1 unspecified atom stereocenters. The summed E-state index contributed by atoms with van der Waals surface area (Å²) >= 11 is 0. The van der Waals surface area contributed by atoms with E-state index < -0.39 is 11.4 Å². The van der Waals surface area contributed by atoms with Crippen LogP contribution in [-0.4, -0.2) is 91.2 Å². The number of carbonyl (C=O) groups excluding carboxylic acids is 1. The summed E-state index contributed by atoms with van der Waals surface area (Å²) in [6.45, 7) is 16.8. The minimum Gasteiger partial charge on any atom is -0.457 e. The molecule has 2 aliphatic heterocycles. The molecule has 0 spiro atoms. The lowest BCUT2D eigenvalue weighted by molar-refractivity contribution is -0.128. The monoisotopic (exact) mass is 663 g/mol. The first-order valence-electron chi connectivity index (χ1n) is 17.1. The topological polar surface area (TPSA) is 110 Å². The molecule has 7 rings (SSSR count). The van der Waals surface area contributed by atoms with Gasteiger partial charge >= 0.3 is 0 Å². The van der Waals surface area contributed by atoms with Crippen molar-refractivity contribution < 1.29 is 13.9 Å². The van der Waals surface area contributed by atoms with Crippen molar-refractivity contribution in [2.45, 2.75) is 63.6 Å². The molecule has 0 radical (unpaired) electrons. The van der Waals surface area contributed by atoms with Crippen LogP contribution >= 0.6 is 0 Å². The number of piperidine rings is 1. The van der Waals surface area contributed by atoms with Crippen LogP contribution in [0, 0.1) is 12.4 Å². The molecule has 4 heterocycles. The van der Waals surface area contributed by atoms with E-state index in [0.29, 0.717) is 47.7 Å². The Kier molecular flexibility index (Phi) is 9.05. The second-order valence-electron chi connectivity index (χ2n) is 13.8. The number of ether oxygens (including phenoxy) is 1. The first-order valence-corrected chi connectivity index (χ1v) is 17.1. The number of amides is 1. The molecule has 2 aromatic heterocycles. The van der Waals surface area contributed by atoms with Crippen LogP contribution in [0.15, 0.2) is 66.6 Å². The van der Waals surface area contributed by atoms with Gasteiger partial charge in [0, 0.05) is 62.5 Å². The normalized spacial score (nSPS) is 19.8. The molecule has 2 N–H and O–H groups in total. The first kappa shape index (κ1) is 32.7. The van der Waals surface area contributed by atoms with Crippen molar-refractivity contribution in [1.29, 1.82) is 0 Å². The van der Waals surface area contributed by atoms with Crippen molar-refractivity contribution in [3.05, 3.63) is 83.9 Å². The van der Waals surface area contributed by atoms with E-state index in [-0.39, 0.29) is 29.0 Å². The highest BCUT2D eigenvalue weighted by molar-refractivity contribution is 5.98. The zero-order valence-electron chi connectivity index (χ0n) is 28.1. The van der Waals surface area contributed by atoms with Gasteiger partial charge in [-0.2, -0.15) is 5.10 Å². The maximum atomic E-state index is 15.7. The van der Waals surface area contributed by atoms with E-state index in [9.17, 15) is 4.79 Å². The largest absolute Gasteiger partial charge is 0.457 e. The Morgan fingerprint density at radius 3 is 2.45 bits per heavy atom. The number of rotatable bonds is 8. The minimum atomic E-state index is -0.525. The number of hydrogen-bond donors (Lipinski definition) is 1. The molecule has 4 aromatic rings. The summed E-state index contributed by atoms with van der Waals surface area (Å²) in [5.41, 5.74) is 7.06. The number of nitrogens with zero attached hydrogens (tertiary/aromatic N) is 8. The Hall–Kier alpha value is -4.86. The summed E-state index contributed by atoms with van der Waals surface area (Å²) in [5.74, 6) is 0.326. The number of likely N-dealkylation sites (tertiary alicyclic amines) is 1. The van der Waals surface area contributed by atoms with E-state index in [1.165, 1.54) is 31.7 Å². The Labute approximate surface area is 286 Å². The number of nitrogens with two attached hydrogens (primary N) is 1. The third kappa shape index (κ3) is 6.60. The molecule has 254 valence electrons.